The highest BCUT2D eigenvalue weighted by Crippen LogP contribution is 2.57. The Hall–Kier alpha value is -6.06. The predicted molar refractivity (Wildman–Crippen MR) is 228 cm³/mol. The molecule has 4 heterocycles. The Balaban J connectivity index is 1.30. The van der Waals surface area contributed by atoms with Crippen LogP contribution in [0.5, 0.6) is 0 Å². The standard InChI is InChI=1S/C51H43N3/c1-50(2,3)31-21-25-33(26-22-31)52(34-27-23-32(24-28-34)51(4,5)6)44-30-29-43-46-45(39-17-11-15-37-35-13-7-9-19-41(35)53(43)47(37)39)40-18-12-16-38-36-14-8-10-20-42(36)54(48(38)40)49(44)46/h7-30,45H,1-6H3. The molecule has 54 heavy (non-hydrogen) atoms. The van der Waals surface area contributed by atoms with Crippen molar-refractivity contribution in [3.05, 3.63) is 173 Å². The second kappa shape index (κ2) is 10.8. The second-order valence-corrected chi connectivity index (χ2v) is 17.4. The molecule has 7 aromatic carbocycles. The van der Waals surface area contributed by atoms with Gasteiger partial charge in [0.1, 0.15) is 0 Å². The summed E-state index contributed by atoms with van der Waals surface area (Å²) in [5.41, 5.74) is 18.0. The van der Waals surface area contributed by atoms with E-state index in [4.69, 9.17) is 0 Å². The number of fused-ring (bicyclic) bond motifs is 10. The van der Waals surface area contributed by atoms with Crippen molar-refractivity contribution in [3.63, 3.8) is 0 Å². The largest absolute Gasteiger partial charge is 0.309 e. The summed E-state index contributed by atoms with van der Waals surface area (Å²) >= 11 is 0. The van der Waals surface area contributed by atoms with Gasteiger partial charge in [-0.05, 0) is 81.6 Å². The third-order valence-corrected chi connectivity index (χ3v) is 12.2. The number of para-hydroxylation sites is 4. The maximum Gasteiger partial charge on any atom is 0.0765 e. The molecule has 2 aliphatic heterocycles. The molecule has 262 valence electrons. The van der Waals surface area contributed by atoms with E-state index in [9.17, 15) is 0 Å². The van der Waals surface area contributed by atoms with Gasteiger partial charge in [-0.25, -0.2) is 0 Å². The van der Waals surface area contributed by atoms with E-state index < -0.39 is 0 Å². The maximum atomic E-state index is 2.60. The second-order valence-electron chi connectivity index (χ2n) is 17.4. The molecular weight excluding hydrogens is 655 g/mol. The van der Waals surface area contributed by atoms with Gasteiger partial charge in [-0.2, -0.15) is 0 Å². The van der Waals surface area contributed by atoms with Gasteiger partial charge >= 0.3 is 0 Å². The topological polar surface area (TPSA) is 13.1 Å². The molecule has 0 fully saturated rings. The lowest BCUT2D eigenvalue weighted by atomic mass is 9.77. The minimum absolute atomic E-state index is 0.0559. The normalized spacial score (nSPS) is 14.7. The Morgan fingerprint density at radius 2 is 0.907 bits per heavy atom. The zero-order valence-corrected chi connectivity index (χ0v) is 31.8. The minimum atomic E-state index is 0.0559. The van der Waals surface area contributed by atoms with Crippen LogP contribution in [0.3, 0.4) is 0 Å². The number of benzene rings is 7. The van der Waals surface area contributed by atoms with Crippen molar-refractivity contribution in [2.24, 2.45) is 0 Å². The van der Waals surface area contributed by atoms with Gasteiger partial charge in [0.05, 0.1) is 39.1 Å². The Morgan fingerprint density at radius 1 is 0.444 bits per heavy atom. The van der Waals surface area contributed by atoms with Crippen molar-refractivity contribution in [3.8, 4) is 11.4 Å². The fraction of sp³-hybridized carbons (Fsp3) is 0.176. The van der Waals surface area contributed by atoms with Gasteiger partial charge < -0.3 is 14.0 Å². The molecule has 0 aliphatic carbocycles. The summed E-state index contributed by atoms with van der Waals surface area (Å²) in [6, 6.07) is 55.2. The van der Waals surface area contributed by atoms with Crippen LogP contribution in [0, 0.1) is 0 Å². The molecule has 3 heteroatoms. The van der Waals surface area contributed by atoms with E-state index in [0.29, 0.717) is 0 Å². The van der Waals surface area contributed by atoms with Gasteiger partial charge in [-0.15, -0.1) is 0 Å². The van der Waals surface area contributed by atoms with E-state index in [1.807, 2.05) is 0 Å². The molecule has 0 radical (unpaired) electrons. The van der Waals surface area contributed by atoms with Gasteiger partial charge in [0.15, 0.2) is 0 Å². The van der Waals surface area contributed by atoms with Gasteiger partial charge in [0, 0.05) is 44.4 Å². The number of hydrogen-bond acceptors (Lipinski definition) is 1. The highest BCUT2D eigenvalue weighted by molar-refractivity contribution is 6.15. The molecule has 0 bridgehead atoms. The lowest BCUT2D eigenvalue weighted by molar-refractivity contribution is 0.590. The summed E-state index contributed by atoms with van der Waals surface area (Å²) in [5.74, 6) is 0.0735. The Labute approximate surface area is 316 Å². The molecule has 2 aromatic heterocycles. The van der Waals surface area contributed by atoms with Gasteiger partial charge in [-0.1, -0.05) is 139 Å². The van der Waals surface area contributed by atoms with Gasteiger partial charge in [0.25, 0.3) is 0 Å². The zero-order chi connectivity index (χ0) is 36.7. The third kappa shape index (κ3) is 4.18. The fourth-order valence-electron chi connectivity index (χ4n) is 9.65. The predicted octanol–water partition coefficient (Wildman–Crippen LogP) is 13.8. The maximum absolute atomic E-state index is 2.60. The number of hydrogen-bond donors (Lipinski definition) is 0. The first kappa shape index (κ1) is 31.5. The van der Waals surface area contributed by atoms with E-state index in [2.05, 4.69) is 201 Å². The van der Waals surface area contributed by atoms with E-state index >= 15 is 0 Å². The molecule has 1 unspecified atom stereocenters. The Morgan fingerprint density at radius 3 is 1.43 bits per heavy atom. The zero-order valence-electron chi connectivity index (χ0n) is 31.8. The molecule has 3 nitrogen and oxygen atoms in total. The summed E-state index contributed by atoms with van der Waals surface area (Å²) in [7, 11) is 0. The number of rotatable bonds is 3. The molecule has 11 rings (SSSR count). The fourth-order valence-corrected chi connectivity index (χ4v) is 9.65. The Kier molecular flexibility index (Phi) is 6.27. The van der Waals surface area contributed by atoms with Crippen LogP contribution in [0.1, 0.15) is 75.3 Å². The van der Waals surface area contributed by atoms with Crippen LogP contribution in [-0.2, 0) is 10.8 Å². The number of aromatic nitrogens is 2. The average Bonchev–Trinajstić information content (AvgIpc) is 3.69. The van der Waals surface area contributed by atoms with Crippen LogP contribution < -0.4 is 4.90 Å². The van der Waals surface area contributed by atoms with Crippen molar-refractivity contribution in [2.75, 3.05) is 4.90 Å². The summed E-state index contributed by atoms with van der Waals surface area (Å²) in [6.07, 6.45) is 0. The van der Waals surface area contributed by atoms with Crippen LogP contribution in [0.25, 0.3) is 55.0 Å². The molecule has 0 saturated carbocycles. The smallest absolute Gasteiger partial charge is 0.0765 e. The van der Waals surface area contributed by atoms with Crippen LogP contribution in [0.15, 0.2) is 146 Å². The lowest BCUT2D eigenvalue weighted by Gasteiger charge is -2.38. The highest BCUT2D eigenvalue weighted by atomic mass is 15.2. The summed E-state index contributed by atoms with van der Waals surface area (Å²) in [4.78, 5) is 2.50. The first-order valence-electron chi connectivity index (χ1n) is 19.3. The summed E-state index contributed by atoms with van der Waals surface area (Å²) < 4.78 is 5.15. The Bertz CT molecular complexity index is 2940. The van der Waals surface area contributed by atoms with E-state index in [0.717, 1.165) is 11.4 Å². The molecule has 0 N–H and O–H groups in total. The van der Waals surface area contributed by atoms with Crippen LogP contribution in [0.4, 0.5) is 17.1 Å². The van der Waals surface area contributed by atoms with Crippen LogP contribution in [-0.4, -0.2) is 9.13 Å². The lowest BCUT2D eigenvalue weighted by Crippen LogP contribution is -2.24. The molecular formula is C51H43N3. The monoisotopic (exact) mass is 697 g/mol. The first-order valence-corrected chi connectivity index (χ1v) is 19.3. The molecule has 0 amide bonds. The van der Waals surface area contributed by atoms with Crippen LogP contribution in [0.2, 0.25) is 0 Å². The summed E-state index contributed by atoms with van der Waals surface area (Å²) in [5, 5.41) is 5.21. The molecule has 9 aromatic rings. The number of nitrogens with zero attached hydrogens (tertiary/aromatic N) is 3. The van der Waals surface area contributed by atoms with Crippen molar-refractivity contribution in [1.29, 1.82) is 0 Å². The molecule has 2 aliphatic rings. The van der Waals surface area contributed by atoms with Gasteiger partial charge in [0.2, 0.25) is 0 Å². The number of anilines is 3. The van der Waals surface area contributed by atoms with E-state index in [-0.39, 0.29) is 16.7 Å². The highest BCUT2D eigenvalue weighted by Gasteiger charge is 2.40. The van der Waals surface area contributed by atoms with Crippen molar-refractivity contribution >= 4 is 60.7 Å². The quantitative estimate of drug-likeness (QED) is 0.179. The average molecular weight is 698 g/mol. The van der Waals surface area contributed by atoms with Crippen molar-refractivity contribution in [2.45, 2.75) is 58.3 Å². The first-order chi connectivity index (χ1) is 26.1. The van der Waals surface area contributed by atoms with Gasteiger partial charge in [-0.3, -0.25) is 0 Å². The molecule has 0 spiro atoms. The SMILES string of the molecule is CC(C)(C)c1ccc(N(c2ccc(C(C)(C)C)cc2)c2ccc3c4c2-n2c5ccccc5c5cccc(c52)C4c2cccc4c5ccccc5n-3c24)cc1. The van der Waals surface area contributed by atoms with Crippen LogP contribution >= 0.6 is 0 Å². The van der Waals surface area contributed by atoms with Crippen molar-refractivity contribution in [1.82, 2.24) is 9.13 Å². The van der Waals surface area contributed by atoms with Crippen molar-refractivity contribution < 1.29 is 0 Å². The minimum Gasteiger partial charge on any atom is -0.309 e. The van der Waals surface area contributed by atoms with E-state index in [1.165, 1.54) is 88.5 Å². The molecule has 1 atom stereocenters. The third-order valence-electron chi connectivity index (χ3n) is 12.2. The summed E-state index contributed by atoms with van der Waals surface area (Å²) in [6.45, 7) is 13.7. The molecule has 0 saturated heterocycles. The van der Waals surface area contributed by atoms with E-state index in [1.54, 1.807) is 0 Å².